The van der Waals surface area contributed by atoms with Crippen molar-refractivity contribution in [2.24, 2.45) is 5.92 Å². The molecule has 1 aromatic rings. The maximum Gasteiger partial charge on any atom is 0.0544 e. The average Bonchev–Trinajstić information content (AvgIpc) is 3.15. The van der Waals surface area contributed by atoms with Crippen LogP contribution in [0.3, 0.4) is 0 Å². The predicted octanol–water partition coefficient (Wildman–Crippen LogP) is 2.03. The molecule has 0 bridgehead atoms. The number of nitrogens with one attached hydrogen (secondary N) is 1. The number of aromatic nitrogens is 1. The van der Waals surface area contributed by atoms with E-state index in [-0.39, 0.29) is 0 Å². The quantitative estimate of drug-likeness (QED) is 0.781. The Morgan fingerprint density at radius 3 is 2.76 bits per heavy atom. The Morgan fingerprint density at radius 1 is 1.41 bits per heavy atom. The van der Waals surface area contributed by atoms with Crippen LogP contribution in [0.1, 0.15) is 31.0 Å². The molecule has 1 N–H and O–H groups in total. The molecule has 1 aliphatic carbocycles. The Hall–Kier alpha value is -0.930. The highest BCUT2D eigenvalue weighted by Crippen LogP contribution is 2.29. The van der Waals surface area contributed by atoms with Crippen LogP contribution < -0.4 is 5.32 Å². The molecule has 1 heterocycles. The summed E-state index contributed by atoms with van der Waals surface area (Å²) in [6.45, 7) is 6.49. The number of rotatable bonds is 7. The molecule has 0 aromatic carbocycles. The van der Waals surface area contributed by atoms with Crippen LogP contribution >= 0.6 is 0 Å². The molecular formula is C14H23N3. The van der Waals surface area contributed by atoms with Crippen molar-refractivity contribution in [1.29, 1.82) is 0 Å². The van der Waals surface area contributed by atoms with Gasteiger partial charge in [0, 0.05) is 25.8 Å². The normalized spacial score (nSPS) is 15.5. The summed E-state index contributed by atoms with van der Waals surface area (Å²) >= 11 is 0. The first kappa shape index (κ1) is 12.5. The highest BCUT2D eigenvalue weighted by Gasteiger charge is 2.23. The van der Waals surface area contributed by atoms with Crippen LogP contribution in [-0.4, -0.2) is 30.0 Å². The van der Waals surface area contributed by atoms with Crippen molar-refractivity contribution in [3.8, 4) is 0 Å². The third-order valence-corrected chi connectivity index (χ3v) is 3.31. The van der Waals surface area contributed by atoms with E-state index in [1.807, 2.05) is 13.2 Å². The van der Waals surface area contributed by atoms with E-state index in [4.69, 9.17) is 0 Å². The summed E-state index contributed by atoms with van der Waals surface area (Å²) < 4.78 is 0. The van der Waals surface area contributed by atoms with Gasteiger partial charge in [-0.05, 0) is 44.0 Å². The molecule has 17 heavy (non-hydrogen) atoms. The molecule has 0 spiro atoms. The summed E-state index contributed by atoms with van der Waals surface area (Å²) in [7, 11) is 1.96. The zero-order chi connectivity index (χ0) is 12.1. The molecule has 0 radical (unpaired) electrons. The van der Waals surface area contributed by atoms with Crippen LogP contribution in [0.15, 0.2) is 18.3 Å². The molecule has 1 saturated carbocycles. The standard InChI is InChI=1S/C14H23N3/c1-3-17(10-12-4-5-12)11-14-7-6-13(8-15-2)9-16-14/h6-7,9,12,15H,3-5,8,10-11H2,1-2H3. The zero-order valence-corrected chi connectivity index (χ0v) is 10.9. The van der Waals surface area contributed by atoms with Crippen molar-refractivity contribution in [3.05, 3.63) is 29.6 Å². The number of hydrogen-bond donors (Lipinski definition) is 1. The third-order valence-electron chi connectivity index (χ3n) is 3.31. The van der Waals surface area contributed by atoms with Gasteiger partial charge in [0.05, 0.1) is 5.69 Å². The van der Waals surface area contributed by atoms with Gasteiger partial charge in [-0.15, -0.1) is 0 Å². The lowest BCUT2D eigenvalue weighted by atomic mass is 10.2. The highest BCUT2D eigenvalue weighted by molar-refractivity contribution is 5.13. The Bertz CT molecular complexity index is 330. The van der Waals surface area contributed by atoms with Gasteiger partial charge >= 0.3 is 0 Å². The molecule has 3 heteroatoms. The summed E-state index contributed by atoms with van der Waals surface area (Å²) in [6.07, 6.45) is 4.83. The summed E-state index contributed by atoms with van der Waals surface area (Å²) in [4.78, 5) is 7.03. The molecule has 2 rings (SSSR count). The maximum atomic E-state index is 4.53. The van der Waals surface area contributed by atoms with Crippen LogP contribution in [0.2, 0.25) is 0 Å². The smallest absolute Gasteiger partial charge is 0.0544 e. The van der Waals surface area contributed by atoms with Gasteiger partial charge in [-0.2, -0.15) is 0 Å². The molecule has 94 valence electrons. The van der Waals surface area contributed by atoms with E-state index in [1.54, 1.807) is 0 Å². The Balaban J connectivity index is 1.87. The fourth-order valence-corrected chi connectivity index (χ4v) is 2.06. The van der Waals surface area contributed by atoms with Gasteiger partial charge < -0.3 is 5.32 Å². The minimum absolute atomic E-state index is 0.896. The third kappa shape index (κ3) is 4.10. The first-order chi connectivity index (χ1) is 8.31. The minimum atomic E-state index is 0.896. The number of hydrogen-bond acceptors (Lipinski definition) is 3. The van der Waals surface area contributed by atoms with Crippen LogP contribution in [0.5, 0.6) is 0 Å². The number of pyridine rings is 1. The lowest BCUT2D eigenvalue weighted by Gasteiger charge is -2.19. The van der Waals surface area contributed by atoms with Gasteiger partial charge in [-0.3, -0.25) is 9.88 Å². The van der Waals surface area contributed by atoms with E-state index < -0.39 is 0 Å². The lowest BCUT2D eigenvalue weighted by molar-refractivity contribution is 0.265. The molecule has 0 aliphatic heterocycles. The summed E-state index contributed by atoms with van der Waals surface area (Å²) in [5.41, 5.74) is 2.44. The fourth-order valence-electron chi connectivity index (χ4n) is 2.06. The largest absolute Gasteiger partial charge is 0.316 e. The molecular weight excluding hydrogens is 210 g/mol. The second kappa shape index (κ2) is 6.12. The topological polar surface area (TPSA) is 28.2 Å². The molecule has 0 saturated heterocycles. The van der Waals surface area contributed by atoms with Crippen molar-refractivity contribution in [2.75, 3.05) is 20.1 Å². The average molecular weight is 233 g/mol. The second-order valence-electron chi connectivity index (χ2n) is 4.96. The van der Waals surface area contributed by atoms with Crippen LogP contribution in [0, 0.1) is 5.92 Å². The molecule has 3 nitrogen and oxygen atoms in total. The first-order valence-electron chi connectivity index (χ1n) is 6.62. The summed E-state index contributed by atoms with van der Waals surface area (Å²) in [6, 6.07) is 4.33. The minimum Gasteiger partial charge on any atom is -0.316 e. The van der Waals surface area contributed by atoms with E-state index >= 15 is 0 Å². The zero-order valence-electron chi connectivity index (χ0n) is 10.9. The van der Waals surface area contributed by atoms with Crippen molar-refractivity contribution in [2.45, 2.75) is 32.9 Å². The molecule has 1 fully saturated rings. The van der Waals surface area contributed by atoms with Crippen LogP contribution in [0.4, 0.5) is 0 Å². The van der Waals surface area contributed by atoms with Gasteiger partial charge in [0.1, 0.15) is 0 Å². The van der Waals surface area contributed by atoms with Crippen molar-refractivity contribution in [1.82, 2.24) is 15.2 Å². The van der Waals surface area contributed by atoms with Crippen molar-refractivity contribution >= 4 is 0 Å². The Kier molecular flexibility index (Phi) is 4.51. The van der Waals surface area contributed by atoms with Gasteiger partial charge in [0.25, 0.3) is 0 Å². The lowest BCUT2D eigenvalue weighted by Crippen LogP contribution is -2.25. The van der Waals surface area contributed by atoms with E-state index in [2.05, 4.69) is 34.3 Å². The summed E-state index contributed by atoms with van der Waals surface area (Å²) in [5.74, 6) is 0.957. The van der Waals surface area contributed by atoms with Crippen LogP contribution in [-0.2, 0) is 13.1 Å². The first-order valence-corrected chi connectivity index (χ1v) is 6.62. The van der Waals surface area contributed by atoms with E-state index in [1.165, 1.54) is 30.6 Å². The van der Waals surface area contributed by atoms with E-state index in [0.717, 1.165) is 25.6 Å². The van der Waals surface area contributed by atoms with E-state index in [9.17, 15) is 0 Å². The SMILES string of the molecule is CCN(Cc1ccc(CNC)cn1)CC1CC1. The fraction of sp³-hybridized carbons (Fsp3) is 0.643. The number of nitrogens with zero attached hydrogens (tertiary/aromatic N) is 2. The summed E-state index contributed by atoms with van der Waals surface area (Å²) in [5, 5.41) is 3.14. The van der Waals surface area contributed by atoms with Gasteiger partial charge in [-0.25, -0.2) is 0 Å². The predicted molar refractivity (Wildman–Crippen MR) is 70.7 cm³/mol. The molecule has 1 aromatic heterocycles. The van der Waals surface area contributed by atoms with Gasteiger partial charge in [-0.1, -0.05) is 13.0 Å². The second-order valence-corrected chi connectivity index (χ2v) is 4.96. The monoisotopic (exact) mass is 233 g/mol. The molecule has 0 atom stereocenters. The van der Waals surface area contributed by atoms with Gasteiger partial charge in [0.2, 0.25) is 0 Å². The van der Waals surface area contributed by atoms with Crippen LogP contribution in [0.25, 0.3) is 0 Å². The van der Waals surface area contributed by atoms with Crippen molar-refractivity contribution < 1.29 is 0 Å². The van der Waals surface area contributed by atoms with E-state index in [0.29, 0.717) is 0 Å². The van der Waals surface area contributed by atoms with Crippen molar-refractivity contribution in [3.63, 3.8) is 0 Å². The highest BCUT2D eigenvalue weighted by atomic mass is 15.1. The molecule has 0 unspecified atom stereocenters. The molecule has 1 aliphatic rings. The Morgan fingerprint density at radius 2 is 2.24 bits per heavy atom. The maximum absolute atomic E-state index is 4.53. The Labute approximate surface area is 104 Å². The van der Waals surface area contributed by atoms with Gasteiger partial charge in [0.15, 0.2) is 0 Å². The molecule has 0 amide bonds.